The molecule has 0 aliphatic carbocycles. The Balaban J connectivity index is 0.00000441. The third-order valence-electron chi connectivity index (χ3n) is 2.34. The molecule has 0 fully saturated rings. The molecule has 124 valence electrons. The highest BCUT2D eigenvalue weighted by molar-refractivity contribution is 6.00. The molecule has 0 amide bonds. The van der Waals surface area contributed by atoms with Crippen molar-refractivity contribution in [2.24, 2.45) is 27.4 Å². The lowest BCUT2D eigenvalue weighted by Gasteiger charge is -2.09. The van der Waals surface area contributed by atoms with Gasteiger partial charge in [-0.1, -0.05) is 13.8 Å². The molecule has 0 atom stereocenters. The van der Waals surface area contributed by atoms with Crippen LogP contribution in [0.15, 0.2) is 34.3 Å². The summed E-state index contributed by atoms with van der Waals surface area (Å²) < 4.78 is 37.2. The van der Waals surface area contributed by atoms with E-state index in [9.17, 15) is 13.2 Å². The van der Waals surface area contributed by atoms with Gasteiger partial charge in [0.05, 0.1) is 5.56 Å². The Morgan fingerprint density at radius 3 is 2.18 bits per heavy atom. The van der Waals surface area contributed by atoms with Gasteiger partial charge in [-0.05, 0) is 30.2 Å². The number of guanidine groups is 2. The Morgan fingerprint density at radius 2 is 1.73 bits per heavy atom. The minimum atomic E-state index is -4.37. The fraction of sp³-hybridized carbons (Fsp3) is 0.385. The number of nitrogens with zero attached hydrogens (tertiary/aromatic N) is 2. The van der Waals surface area contributed by atoms with Crippen molar-refractivity contribution in [1.29, 1.82) is 0 Å². The van der Waals surface area contributed by atoms with Gasteiger partial charge in [0.2, 0.25) is 11.9 Å². The lowest BCUT2D eigenvalue weighted by Crippen LogP contribution is -2.26. The van der Waals surface area contributed by atoms with Crippen molar-refractivity contribution in [2.45, 2.75) is 20.0 Å². The van der Waals surface area contributed by atoms with Gasteiger partial charge in [-0.2, -0.15) is 18.2 Å². The highest BCUT2D eigenvalue weighted by Crippen LogP contribution is 2.29. The second-order valence-corrected chi connectivity index (χ2v) is 4.79. The Morgan fingerprint density at radius 1 is 1.18 bits per heavy atom. The smallest absolute Gasteiger partial charge is 0.369 e. The van der Waals surface area contributed by atoms with Crippen LogP contribution in [0.3, 0.4) is 0 Å². The molecule has 0 heterocycles. The molecule has 1 aromatic carbocycles. The van der Waals surface area contributed by atoms with E-state index >= 15 is 0 Å². The average Bonchev–Trinajstić information content (AvgIpc) is 2.35. The maximum atomic E-state index is 12.4. The van der Waals surface area contributed by atoms with Crippen molar-refractivity contribution >= 4 is 30.0 Å². The fourth-order valence-corrected chi connectivity index (χ4v) is 1.35. The quantitative estimate of drug-likeness (QED) is 0.585. The number of hydrogen-bond acceptors (Lipinski definition) is 1. The third kappa shape index (κ3) is 7.16. The second kappa shape index (κ2) is 8.47. The SMILES string of the molecule is CC(C)CN=C(N)N=C(N)Nc1ccc(C(F)(F)F)cc1.Cl. The Bertz CT molecular complexity index is 523. The summed E-state index contributed by atoms with van der Waals surface area (Å²) in [6.07, 6.45) is -4.37. The fourth-order valence-electron chi connectivity index (χ4n) is 1.35. The number of nitrogens with one attached hydrogen (secondary N) is 1. The molecular formula is C13H19ClF3N5. The molecule has 0 bridgehead atoms. The first-order chi connectivity index (χ1) is 9.68. The molecule has 0 saturated carbocycles. The third-order valence-corrected chi connectivity index (χ3v) is 2.34. The predicted octanol–water partition coefficient (Wildman–Crippen LogP) is 2.82. The number of aliphatic imine (C=N–C) groups is 2. The molecule has 1 rings (SSSR count). The van der Waals surface area contributed by atoms with Crippen LogP contribution in [0.1, 0.15) is 19.4 Å². The van der Waals surface area contributed by atoms with E-state index in [1.165, 1.54) is 12.1 Å². The summed E-state index contributed by atoms with van der Waals surface area (Å²) in [6.45, 7) is 4.47. The zero-order valence-electron chi connectivity index (χ0n) is 12.2. The molecule has 0 unspecified atom stereocenters. The van der Waals surface area contributed by atoms with Gasteiger partial charge in [0.1, 0.15) is 0 Å². The summed E-state index contributed by atoms with van der Waals surface area (Å²) in [5.41, 5.74) is 10.8. The lowest BCUT2D eigenvalue weighted by molar-refractivity contribution is -0.137. The first kappa shape index (κ1) is 20.0. The van der Waals surface area contributed by atoms with E-state index in [1.807, 2.05) is 13.8 Å². The van der Waals surface area contributed by atoms with E-state index in [-0.39, 0.29) is 24.3 Å². The molecule has 9 heteroatoms. The van der Waals surface area contributed by atoms with Gasteiger partial charge in [0.15, 0.2) is 0 Å². The molecular weight excluding hydrogens is 319 g/mol. The van der Waals surface area contributed by atoms with E-state index in [4.69, 9.17) is 11.5 Å². The molecule has 5 N–H and O–H groups in total. The zero-order valence-corrected chi connectivity index (χ0v) is 13.0. The monoisotopic (exact) mass is 337 g/mol. The van der Waals surface area contributed by atoms with Crippen LogP contribution in [0, 0.1) is 5.92 Å². The summed E-state index contributed by atoms with van der Waals surface area (Å²) in [4.78, 5) is 7.79. The van der Waals surface area contributed by atoms with E-state index < -0.39 is 11.7 Å². The normalized spacial score (nSPS) is 13.0. The van der Waals surface area contributed by atoms with E-state index in [0.29, 0.717) is 18.2 Å². The van der Waals surface area contributed by atoms with Gasteiger partial charge < -0.3 is 16.8 Å². The molecule has 0 saturated heterocycles. The largest absolute Gasteiger partial charge is 0.416 e. The van der Waals surface area contributed by atoms with E-state index in [1.54, 1.807) is 0 Å². The van der Waals surface area contributed by atoms with Crippen LogP contribution in [0.2, 0.25) is 0 Å². The van der Waals surface area contributed by atoms with Crippen molar-refractivity contribution in [3.05, 3.63) is 29.8 Å². The average molecular weight is 338 g/mol. The highest BCUT2D eigenvalue weighted by Gasteiger charge is 2.29. The molecule has 0 aliphatic rings. The standard InChI is InChI=1S/C13H18F3N5.ClH/c1-8(2)7-19-11(17)21-12(18)20-10-5-3-9(4-6-10)13(14,15)16;/h3-6,8H,7H2,1-2H3,(H5,17,18,19,20,21);1H. The maximum absolute atomic E-state index is 12.4. The van der Waals surface area contributed by atoms with Crippen LogP contribution in [0.4, 0.5) is 18.9 Å². The van der Waals surface area contributed by atoms with Crippen LogP contribution in [-0.2, 0) is 6.18 Å². The Kier molecular flexibility index (Phi) is 7.72. The Labute approximate surface area is 133 Å². The molecule has 5 nitrogen and oxygen atoms in total. The van der Waals surface area contributed by atoms with Gasteiger partial charge in [-0.3, -0.25) is 4.99 Å². The number of halogens is 4. The van der Waals surface area contributed by atoms with Crippen molar-refractivity contribution in [3.8, 4) is 0 Å². The second-order valence-electron chi connectivity index (χ2n) is 4.79. The van der Waals surface area contributed by atoms with E-state index in [0.717, 1.165) is 12.1 Å². The van der Waals surface area contributed by atoms with Gasteiger partial charge in [0, 0.05) is 12.2 Å². The molecule has 0 aromatic heterocycles. The zero-order chi connectivity index (χ0) is 16.0. The minimum Gasteiger partial charge on any atom is -0.369 e. The van der Waals surface area contributed by atoms with Crippen molar-refractivity contribution in [3.63, 3.8) is 0 Å². The maximum Gasteiger partial charge on any atom is 0.416 e. The minimum absolute atomic E-state index is 0. The number of rotatable bonds is 3. The van der Waals surface area contributed by atoms with Gasteiger partial charge in [0.25, 0.3) is 0 Å². The van der Waals surface area contributed by atoms with E-state index in [2.05, 4.69) is 15.3 Å². The van der Waals surface area contributed by atoms with Crippen molar-refractivity contribution < 1.29 is 13.2 Å². The van der Waals surface area contributed by atoms with Crippen molar-refractivity contribution in [2.75, 3.05) is 11.9 Å². The number of hydrogen-bond donors (Lipinski definition) is 3. The summed E-state index contributed by atoms with van der Waals surface area (Å²) >= 11 is 0. The molecule has 22 heavy (non-hydrogen) atoms. The lowest BCUT2D eigenvalue weighted by atomic mass is 10.2. The van der Waals surface area contributed by atoms with Gasteiger partial charge in [-0.25, -0.2) is 0 Å². The predicted molar refractivity (Wildman–Crippen MR) is 85.3 cm³/mol. The number of nitrogens with two attached hydrogens (primary N) is 2. The Hall–Kier alpha value is -1.96. The van der Waals surface area contributed by atoms with Gasteiger partial charge >= 0.3 is 6.18 Å². The highest BCUT2D eigenvalue weighted by atomic mass is 35.5. The number of benzene rings is 1. The number of alkyl halides is 3. The molecule has 0 radical (unpaired) electrons. The summed E-state index contributed by atoms with van der Waals surface area (Å²) in [5.74, 6) is 0.309. The number of anilines is 1. The van der Waals surface area contributed by atoms with Crippen molar-refractivity contribution in [1.82, 2.24) is 0 Å². The first-order valence-electron chi connectivity index (χ1n) is 6.27. The van der Waals surface area contributed by atoms with Crippen LogP contribution < -0.4 is 16.8 Å². The van der Waals surface area contributed by atoms with Crippen LogP contribution in [-0.4, -0.2) is 18.5 Å². The van der Waals surface area contributed by atoms with Crippen LogP contribution >= 0.6 is 12.4 Å². The summed E-state index contributed by atoms with van der Waals surface area (Å²) in [6, 6.07) is 4.41. The first-order valence-corrected chi connectivity index (χ1v) is 6.27. The topological polar surface area (TPSA) is 88.8 Å². The molecule has 0 aliphatic heterocycles. The summed E-state index contributed by atoms with van der Waals surface area (Å²) in [7, 11) is 0. The summed E-state index contributed by atoms with van der Waals surface area (Å²) in [5, 5.41) is 2.64. The molecule has 1 aromatic rings. The molecule has 0 spiro atoms. The van der Waals surface area contributed by atoms with Crippen LogP contribution in [0.25, 0.3) is 0 Å². The van der Waals surface area contributed by atoms with Gasteiger partial charge in [-0.15, -0.1) is 12.4 Å². The van der Waals surface area contributed by atoms with Crippen LogP contribution in [0.5, 0.6) is 0 Å².